The first kappa shape index (κ1) is 22.6. The van der Waals surface area contributed by atoms with Crippen molar-refractivity contribution in [1.82, 2.24) is 5.32 Å². The number of carbonyl (C=O) groups is 1. The minimum Gasteiger partial charge on any atom is -0.465 e. The normalized spacial score (nSPS) is 12.5. The number of benzene rings is 2. The van der Waals surface area contributed by atoms with Gasteiger partial charge in [-0.3, -0.25) is 0 Å². The second kappa shape index (κ2) is 9.80. The van der Waals surface area contributed by atoms with Crippen LogP contribution in [0.3, 0.4) is 0 Å². The number of rotatable bonds is 8. The zero-order chi connectivity index (χ0) is 21.7. The zero-order valence-electron chi connectivity index (χ0n) is 15.6. The van der Waals surface area contributed by atoms with Crippen LogP contribution in [0.15, 0.2) is 44.6 Å². The lowest BCUT2D eigenvalue weighted by Gasteiger charge is -2.25. The van der Waals surface area contributed by atoms with Gasteiger partial charge >= 0.3 is 12.3 Å². The predicted octanol–water partition coefficient (Wildman–Crippen LogP) is 5.76. The Bertz CT molecular complexity index is 928. The van der Waals surface area contributed by atoms with Crippen molar-refractivity contribution in [2.24, 2.45) is 0 Å². The summed E-state index contributed by atoms with van der Waals surface area (Å²) in [6, 6.07) is 7.86. The van der Waals surface area contributed by atoms with Gasteiger partial charge in [0.2, 0.25) is 0 Å². The van der Waals surface area contributed by atoms with E-state index in [9.17, 15) is 18.0 Å². The van der Waals surface area contributed by atoms with E-state index in [1.165, 1.54) is 11.8 Å². The number of anilines is 3. The van der Waals surface area contributed by atoms with Crippen molar-refractivity contribution >= 4 is 50.8 Å². The fraction of sp³-hybridized carbons (Fsp3) is 0.316. The molecule has 0 bridgehead atoms. The van der Waals surface area contributed by atoms with Gasteiger partial charge in [0.05, 0.1) is 29.2 Å². The summed E-state index contributed by atoms with van der Waals surface area (Å²) in [5, 5.41) is 16.9. The Morgan fingerprint density at radius 3 is 2.70 bits per heavy atom. The molecule has 11 heteroatoms. The Labute approximate surface area is 183 Å². The molecule has 1 aliphatic rings. The summed E-state index contributed by atoms with van der Waals surface area (Å²) in [6.45, 7) is 1.17. The first-order valence-electron chi connectivity index (χ1n) is 9.02. The van der Waals surface area contributed by atoms with Gasteiger partial charge in [0, 0.05) is 34.0 Å². The maximum Gasteiger partial charge on any atom is 0.416 e. The van der Waals surface area contributed by atoms with E-state index in [0.717, 1.165) is 27.2 Å². The lowest BCUT2D eigenvalue weighted by atomic mass is 10.1. The van der Waals surface area contributed by atoms with Crippen molar-refractivity contribution in [3.05, 3.63) is 40.4 Å². The third kappa shape index (κ3) is 5.96. The molecule has 30 heavy (non-hydrogen) atoms. The molecule has 4 N–H and O–H groups in total. The summed E-state index contributed by atoms with van der Waals surface area (Å²) >= 11 is 4.67. The quantitative estimate of drug-likeness (QED) is 0.291. The highest BCUT2D eigenvalue weighted by Crippen LogP contribution is 2.49. The minimum atomic E-state index is -4.45. The molecule has 1 aliphatic heterocycles. The van der Waals surface area contributed by atoms with Crippen LogP contribution in [0.2, 0.25) is 0 Å². The van der Waals surface area contributed by atoms with Gasteiger partial charge in [-0.2, -0.15) is 13.2 Å². The molecule has 0 saturated carbocycles. The van der Waals surface area contributed by atoms with Crippen molar-refractivity contribution in [1.29, 1.82) is 0 Å². The van der Waals surface area contributed by atoms with Crippen molar-refractivity contribution in [2.45, 2.75) is 22.4 Å². The van der Waals surface area contributed by atoms with Crippen LogP contribution in [0.4, 0.5) is 35.0 Å². The average Bonchev–Trinajstić information content (AvgIpc) is 2.67. The molecule has 0 aromatic heterocycles. The lowest BCUT2D eigenvalue weighted by molar-refractivity contribution is -0.137. The molecule has 6 nitrogen and oxygen atoms in total. The summed E-state index contributed by atoms with van der Waals surface area (Å²) in [5.74, 6) is 0. The van der Waals surface area contributed by atoms with Crippen molar-refractivity contribution in [3.63, 3.8) is 0 Å². The number of ether oxygens (including phenoxy) is 1. The number of amides is 1. The number of carboxylic acid groups (broad SMARTS) is 1. The molecule has 162 valence electrons. The number of fused-ring (bicyclic) bond motifs is 2. The van der Waals surface area contributed by atoms with Crippen LogP contribution in [0.25, 0.3) is 0 Å². The Morgan fingerprint density at radius 2 is 1.97 bits per heavy atom. The van der Waals surface area contributed by atoms with E-state index < -0.39 is 17.8 Å². The highest BCUT2D eigenvalue weighted by atomic mass is 79.9. The first-order valence-corrected chi connectivity index (χ1v) is 10.6. The third-order valence-corrected chi connectivity index (χ3v) is 5.75. The standard InChI is InChI=1S/C19H19BrF3N3O3S/c20-12-2-3-13-15(10-12)30-16-9-11(19(21,22)23)8-14(17(16)26-13)24-4-1-6-29-7-5-25-18(27)28/h2-3,8-10,24-26H,1,4-7H2,(H,27,28). The maximum atomic E-state index is 13.4. The van der Waals surface area contributed by atoms with E-state index in [0.29, 0.717) is 35.8 Å². The van der Waals surface area contributed by atoms with Gasteiger partial charge in [0.25, 0.3) is 0 Å². The van der Waals surface area contributed by atoms with E-state index in [1.807, 2.05) is 18.2 Å². The summed E-state index contributed by atoms with van der Waals surface area (Å²) in [4.78, 5) is 11.7. The van der Waals surface area contributed by atoms with Crippen molar-refractivity contribution in [3.8, 4) is 0 Å². The monoisotopic (exact) mass is 505 g/mol. The number of nitrogens with one attached hydrogen (secondary N) is 3. The zero-order valence-corrected chi connectivity index (χ0v) is 18.0. The van der Waals surface area contributed by atoms with Gasteiger partial charge in [0.1, 0.15) is 0 Å². The van der Waals surface area contributed by atoms with Crippen LogP contribution >= 0.6 is 27.7 Å². The molecule has 0 aliphatic carbocycles. The molecule has 1 heterocycles. The molecule has 0 saturated heterocycles. The highest BCUT2D eigenvalue weighted by Gasteiger charge is 2.33. The molecular weight excluding hydrogens is 487 g/mol. The Kier molecular flexibility index (Phi) is 7.37. The molecular formula is C19H19BrF3N3O3S. The lowest BCUT2D eigenvalue weighted by Crippen LogP contribution is -2.25. The Balaban J connectivity index is 1.67. The average molecular weight is 506 g/mol. The molecule has 0 spiro atoms. The van der Waals surface area contributed by atoms with Gasteiger partial charge in [-0.05, 0) is 36.8 Å². The fourth-order valence-corrected chi connectivity index (χ4v) is 4.41. The van der Waals surface area contributed by atoms with Crippen molar-refractivity contribution < 1.29 is 27.8 Å². The minimum absolute atomic E-state index is 0.181. The topological polar surface area (TPSA) is 82.6 Å². The molecule has 0 radical (unpaired) electrons. The molecule has 2 aromatic rings. The number of halogens is 4. The first-order chi connectivity index (χ1) is 14.2. The second-order valence-electron chi connectivity index (χ2n) is 6.39. The molecule has 2 aromatic carbocycles. The van der Waals surface area contributed by atoms with Crippen LogP contribution in [0.1, 0.15) is 12.0 Å². The maximum absolute atomic E-state index is 13.4. The van der Waals surface area contributed by atoms with Crippen LogP contribution in [0, 0.1) is 0 Å². The Morgan fingerprint density at radius 1 is 1.17 bits per heavy atom. The van der Waals surface area contributed by atoms with Gasteiger partial charge in [-0.25, -0.2) is 4.79 Å². The molecule has 3 rings (SSSR count). The molecule has 0 atom stereocenters. The summed E-state index contributed by atoms with van der Waals surface area (Å²) < 4.78 is 46.3. The predicted molar refractivity (Wildman–Crippen MR) is 113 cm³/mol. The summed E-state index contributed by atoms with van der Waals surface area (Å²) in [5.41, 5.74) is 1.09. The highest BCUT2D eigenvalue weighted by molar-refractivity contribution is 9.10. The van der Waals surface area contributed by atoms with Crippen LogP contribution in [0.5, 0.6) is 0 Å². The summed E-state index contributed by atoms with van der Waals surface area (Å²) in [7, 11) is 0. The van der Waals surface area contributed by atoms with Crippen LogP contribution < -0.4 is 16.0 Å². The Hall–Kier alpha value is -2.11. The number of alkyl halides is 3. The van der Waals surface area contributed by atoms with E-state index in [2.05, 4.69) is 31.9 Å². The van der Waals surface area contributed by atoms with Gasteiger partial charge < -0.3 is 25.8 Å². The smallest absolute Gasteiger partial charge is 0.416 e. The summed E-state index contributed by atoms with van der Waals surface area (Å²) in [6.07, 6.45) is -5.02. The molecule has 0 unspecified atom stereocenters. The van der Waals surface area contributed by atoms with Gasteiger partial charge in [0.15, 0.2) is 0 Å². The third-order valence-electron chi connectivity index (χ3n) is 4.16. The molecule has 0 fully saturated rings. The van der Waals surface area contributed by atoms with E-state index in [4.69, 9.17) is 9.84 Å². The molecule has 1 amide bonds. The van der Waals surface area contributed by atoms with Gasteiger partial charge in [-0.1, -0.05) is 27.7 Å². The van der Waals surface area contributed by atoms with Crippen molar-refractivity contribution in [2.75, 3.05) is 36.9 Å². The van der Waals surface area contributed by atoms with E-state index in [-0.39, 0.29) is 13.2 Å². The number of hydrogen-bond donors (Lipinski definition) is 4. The van der Waals surface area contributed by atoms with E-state index >= 15 is 0 Å². The van der Waals surface area contributed by atoms with Gasteiger partial charge in [-0.15, -0.1) is 0 Å². The van der Waals surface area contributed by atoms with Crippen LogP contribution in [-0.2, 0) is 10.9 Å². The fourth-order valence-electron chi connectivity index (χ4n) is 2.79. The SMILES string of the molecule is O=C(O)NCCOCCCNc1cc(C(F)(F)F)cc2c1Nc1ccc(Br)cc1S2. The van der Waals surface area contributed by atoms with Crippen LogP contribution in [-0.4, -0.2) is 37.5 Å². The largest absolute Gasteiger partial charge is 0.465 e. The number of hydrogen-bond acceptors (Lipinski definition) is 5. The second-order valence-corrected chi connectivity index (χ2v) is 8.39. The van der Waals surface area contributed by atoms with E-state index in [1.54, 1.807) is 0 Å².